The third kappa shape index (κ3) is 5.07. The number of halogens is 1. The first-order valence-corrected chi connectivity index (χ1v) is 14.3. The molecule has 0 aliphatic carbocycles. The Morgan fingerprint density at radius 1 is 0.854 bits per heavy atom. The molecule has 0 saturated heterocycles. The number of nitrogens with zero attached hydrogens (tertiary/aromatic N) is 2. The zero-order valence-corrected chi connectivity index (χ0v) is 22.7. The highest BCUT2D eigenvalue weighted by Crippen LogP contribution is 2.37. The number of pyridine rings is 1. The lowest BCUT2D eigenvalue weighted by Crippen LogP contribution is -2.12. The summed E-state index contributed by atoms with van der Waals surface area (Å²) in [5.74, 6) is -0.373. The average Bonchev–Trinajstić information content (AvgIpc) is 3.41. The topological polar surface area (TPSA) is 98.6 Å². The smallest absolute Gasteiger partial charge is 0.261 e. The van der Waals surface area contributed by atoms with Gasteiger partial charge in [-0.05, 0) is 61.0 Å². The van der Waals surface area contributed by atoms with Crippen LogP contribution in [0.25, 0.3) is 44.5 Å². The highest BCUT2D eigenvalue weighted by molar-refractivity contribution is 7.92. The van der Waals surface area contributed by atoms with Gasteiger partial charge in [0.2, 0.25) is 0 Å². The summed E-state index contributed by atoms with van der Waals surface area (Å²) >= 11 is 0. The minimum atomic E-state index is -3.76. The first-order valence-electron chi connectivity index (χ1n) is 12.8. The maximum atomic E-state index is 13.8. The fraction of sp³-hybridized carbons (Fsp3) is 0.0303. The molecule has 4 aromatic carbocycles. The van der Waals surface area contributed by atoms with Gasteiger partial charge in [-0.1, -0.05) is 60.2 Å². The van der Waals surface area contributed by atoms with Crippen LogP contribution < -0.4 is 4.72 Å². The van der Waals surface area contributed by atoms with Gasteiger partial charge >= 0.3 is 0 Å². The minimum absolute atomic E-state index is 0.174. The van der Waals surface area contributed by atoms with Gasteiger partial charge in [-0.15, -0.1) is 0 Å². The molecule has 8 heteroatoms. The molecule has 6 aromatic rings. The second kappa shape index (κ2) is 10.4. The summed E-state index contributed by atoms with van der Waals surface area (Å²) in [4.78, 5) is 8.33. The second-order valence-electron chi connectivity index (χ2n) is 9.64. The third-order valence-electron chi connectivity index (χ3n) is 6.90. The Balaban J connectivity index is 1.45. The maximum Gasteiger partial charge on any atom is 0.261 e. The molecule has 0 aliphatic rings. The molecule has 0 bridgehead atoms. The molecule has 0 saturated carbocycles. The van der Waals surface area contributed by atoms with Crippen molar-refractivity contribution in [2.45, 2.75) is 11.8 Å². The van der Waals surface area contributed by atoms with Gasteiger partial charge in [-0.25, -0.2) is 17.8 Å². The largest absolute Gasteiger partial charge is 0.360 e. The number of sulfonamides is 1. The summed E-state index contributed by atoms with van der Waals surface area (Å²) < 4.78 is 42.1. The van der Waals surface area contributed by atoms with E-state index in [1.807, 2.05) is 37.4 Å². The number of nitriles is 1. The number of fused-ring (bicyclic) bond motifs is 1. The Kier molecular flexibility index (Phi) is 6.58. The van der Waals surface area contributed by atoms with Crippen molar-refractivity contribution in [2.24, 2.45) is 0 Å². The fourth-order valence-electron chi connectivity index (χ4n) is 4.77. The van der Waals surface area contributed by atoms with E-state index in [9.17, 15) is 18.1 Å². The van der Waals surface area contributed by atoms with Crippen molar-refractivity contribution in [1.29, 1.82) is 5.26 Å². The predicted octanol–water partition coefficient (Wildman–Crippen LogP) is 7.68. The molecule has 0 amide bonds. The number of anilines is 1. The van der Waals surface area contributed by atoms with E-state index >= 15 is 0 Å². The van der Waals surface area contributed by atoms with Gasteiger partial charge in [-0.2, -0.15) is 5.26 Å². The Labute approximate surface area is 236 Å². The summed E-state index contributed by atoms with van der Waals surface area (Å²) in [7, 11) is -3.76. The first-order chi connectivity index (χ1) is 19.8. The van der Waals surface area contributed by atoms with Crippen LogP contribution in [0, 0.1) is 24.1 Å². The molecule has 2 N–H and O–H groups in total. The van der Waals surface area contributed by atoms with E-state index in [0.717, 1.165) is 27.6 Å². The van der Waals surface area contributed by atoms with Crippen molar-refractivity contribution in [2.75, 3.05) is 4.72 Å². The Hall–Kier alpha value is -5.26. The zero-order chi connectivity index (χ0) is 28.6. The van der Waals surface area contributed by atoms with Crippen molar-refractivity contribution >= 4 is 26.6 Å². The van der Waals surface area contributed by atoms with Crippen LogP contribution in [0.4, 0.5) is 10.1 Å². The van der Waals surface area contributed by atoms with Gasteiger partial charge in [0.1, 0.15) is 11.9 Å². The van der Waals surface area contributed by atoms with Crippen LogP contribution in [0.15, 0.2) is 114 Å². The molecular formula is C33H23FN4O2S. The van der Waals surface area contributed by atoms with Crippen molar-refractivity contribution < 1.29 is 12.8 Å². The third-order valence-corrected chi connectivity index (χ3v) is 8.29. The maximum absolute atomic E-state index is 13.8. The van der Waals surface area contributed by atoms with Crippen molar-refractivity contribution in [3.63, 3.8) is 0 Å². The Bertz CT molecular complexity index is 2040. The normalized spacial score (nSPS) is 11.3. The molecule has 41 heavy (non-hydrogen) atoms. The number of hydrogen-bond donors (Lipinski definition) is 2. The molecule has 0 radical (unpaired) electrons. The van der Waals surface area contributed by atoms with Crippen LogP contribution in [-0.2, 0) is 10.0 Å². The van der Waals surface area contributed by atoms with Crippen molar-refractivity contribution in [3.05, 3.63) is 126 Å². The number of rotatable bonds is 6. The quantitative estimate of drug-likeness (QED) is 0.219. The van der Waals surface area contributed by atoms with Gasteiger partial charge in [0, 0.05) is 39.5 Å². The summed E-state index contributed by atoms with van der Waals surface area (Å²) in [5, 5.41) is 11.2. The first kappa shape index (κ1) is 26.0. The van der Waals surface area contributed by atoms with Crippen LogP contribution in [-0.4, -0.2) is 18.4 Å². The van der Waals surface area contributed by atoms with E-state index in [1.165, 1.54) is 12.1 Å². The van der Waals surface area contributed by atoms with Crippen molar-refractivity contribution in [3.8, 4) is 39.7 Å². The molecule has 0 fully saturated rings. The SMILES string of the molecule is Cc1ccc(S(=O)(=O)Nc2ccc(-c3cc(-c4ccc(F)cc4)c(C#N)c(-c4c[nH]c5ccccc45)n3)cc2)cc1. The fourth-order valence-corrected chi connectivity index (χ4v) is 5.82. The summed E-state index contributed by atoms with van der Waals surface area (Å²) in [6.45, 7) is 1.89. The zero-order valence-electron chi connectivity index (χ0n) is 21.9. The van der Waals surface area contributed by atoms with E-state index in [-0.39, 0.29) is 10.7 Å². The van der Waals surface area contributed by atoms with E-state index in [1.54, 1.807) is 66.7 Å². The molecule has 0 unspecified atom stereocenters. The lowest BCUT2D eigenvalue weighted by atomic mass is 9.94. The van der Waals surface area contributed by atoms with Gasteiger partial charge in [-0.3, -0.25) is 4.72 Å². The number of aromatic amines is 1. The molecule has 0 atom stereocenters. The lowest BCUT2D eigenvalue weighted by Gasteiger charge is -2.14. The number of benzene rings is 4. The summed E-state index contributed by atoms with van der Waals surface area (Å²) in [5.41, 5.74) is 6.50. The number of hydrogen-bond acceptors (Lipinski definition) is 4. The molecule has 200 valence electrons. The Morgan fingerprint density at radius 3 is 2.24 bits per heavy atom. The molecule has 2 heterocycles. The monoisotopic (exact) mass is 558 g/mol. The van der Waals surface area contributed by atoms with Gasteiger partial charge in [0.05, 0.1) is 21.8 Å². The molecular weight excluding hydrogens is 535 g/mol. The van der Waals surface area contributed by atoms with Crippen LogP contribution in [0.3, 0.4) is 0 Å². The van der Waals surface area contributed by atoms with E-state index in [4.69, 9.17) is 4.98 Å². The average molecular weight is 559 g/mol. The summed E-state index contributed by atoms with van der Waals surface area (Å²) in [6.07, 6.45) is 1.83. The molecule has 0 spiro atoms. The predicted molar refractivity (Wildman–Crippen MR) is 159 cm³/mol. The van der Waals surface area contributed by atoms with Gasteiger partial charge < -0.3 is 4.98 Å². The van der Waals surface area contributed by atoms with Crippen LogP contribution in [0.5, 0.6) is 0 Å². The molecule has 6 nitrogen and oxygen atoms in total. The standard InChI is InChI=1S/C33H23FN4O2S/c1-21-6-16-26(17-7-21)41(39,40)38-25-14-10-23(11-15-25)32-18-28(22-8-12-24(34)13-9-22)29(19-35)33(37-32)30-20-36-31-5-3-2-4-27(30)31/h2-18,20,36,38H,1H3. The number of para-hydroxylation sites is 1. The second-order valence-corrected chi connectivity index (χ2v) is 11.3. The van der Waals surface area contributed by atoms with Gasteiger partial charge in [0.25, 0.3) is 10.0 Å². The highest BCUT2D eigenvalue weighted by Gasteiger charge is 2.20. The molecule has 2 aromatic heterocycles. The van der Waals surface area contributed by atoms with Gasteiger partial charge in [0.15, 0.2) is 0 Å². The van der Waals surface area contributed by atoms with Crippen LogP contribution in [0.2, 0.25) is 0 Å². The number of aromatic nitrogens is 2. The Morgan fingerprint density at radius 2 is 1.54 bits per heavy atom. The minimum Gasteiger partial charge on any atom is -0.360 e. The number of nitrogens with one attached hydrogen (secondary N) is 2. The lowest BCUT2D eigenvalue weighted by molar-refractivity contribution is 0.601. The van der Waals surface area contributed by atoms with Crippen molar-refractivity contribution in [1.82, 2.24) is 9.97 Å². The number of aryl methyl sites for hydroxylation is 1. The van der Waals surface area contributed by atoms with E-state index < -0.39 is 10.0 Å². The van der Waals surface area contributed by atoms with E-state index in [2.05, 4.69) is 15.8 Å². The summed E-state index contributed by atoms with van der Waals surface area (Å²) in [6, 6.07) is 31.4. The van der Waals surface area contributed by atoms with E-state index in [0.29, 0.717) is 33.8 Å². The molecule has 6 rings (SSSR count). The molecule has 0 aliphatic heterocycles. The number of H-pyrrole nitrogens is 1. The van der Waals surface area contributed by atoms with Crippen LogP contribution in [0.1, 0.15) is 11.1 Å². The van der Waals surface area contributed by atoms with Crippen LogP contribution >= 0.6 is 0 Å². The highest BCUT2D eigenvalue weighted by atomic mass is 32.2.